The average Bonchev–Trinajstić information content (AvgIpc) is 4.14. The molecule has 3 N–H and O–H groups in total. The van der Waals surface area contributed by atoms with Crippen LogP contribution >= 0.6 is 23.4 Å². The van der Waals surface area contributed by atoms with Crippen molar-refractivity contribution >= 4 is 76.6 Å². The number of thioether (sulfide) groups is 1. The number of aliphatic hydroxyl groups is 1. The van der Waals surface area contributed by atoms with Gasteiger partial charge in [-0.3, -0.25) is 29.3 Å². The highest BCUT2D eigenvalue weighted by Crippen LogP contribution is 2.49. The van der Waals surface area contributed by atoms with Crippen LogP contribution < -0.4 is 20.3 Å². The lowest BCUT2D eigenvalue weighted by atomic mass is 9.83. The van der Waals surface area contributed by atoms with Crippen molar-refractivity contribution in [1.82, 2.24) is 20.6 Å². The van der Waals surface area contributed by atoms with Gasteiger partial charge in [-0.25, -0.2) is 14.4 Å². The van der Waals surface area contributed by atoms with Crippen LogP contribution in [0, 0.1) is 5.92 Å². The van der Waals surface area contributed by atoms with Gasteiger partial charge in [0.25, 0.3) is 11.8 Å². The number of epoxide rings is 1. The van der Waals surface area contributed by atoms with E-state index in [0.717, 1.165) is 11.1 Å². The van der Waals surface area contributed by atoms with Crippen molar-refractivity contribution in [3.63, 3.8) is 0 Å². The van der Waals surface area contributed by atoms with E-state index >= 15 is 0 Å². The Kier molecular flexibility index (Phi) is 25.2. The van der Waals surface area contributed by atoms with Gasteiger partial charge < -0.3 is 67.7 Å². The normalized spacial score (nSPS) is 25.6. The monoisotopic (exact) mass is 1180 g/mol. The summed E-state index contributed by atoms with van der Waals surface area (Å²) < 4.78 is 50.8. The second kappa shape index (κ2) is 30.8. The molecule has 24 nitrogen and oxygen atoms in total. The number of fused-ring (bicyclic) bond motifs is 5. The van der Waals surface area contributed by atoms with Gasteiger partial charge in [-0.15, -0.1) is 16.8 Å². The molecule has 26 heteroatoms. The molecule has 0 unspecified atom stereocenters. The summed E-state index contributed by atoms with van der Waals surface area (Å²) in [7, 11) is 5.93. The minimum atomic E-state index is -1.88. The Labute approximate surface area is 482 Å². The minimum absolute atomic E-state index is 0.0240. The van der Waals surface area contributed by atoms with Gasteiger partial charge in [-0.1, -0.05) is 56.2 Å². The van der Waals surface area contributed by atoms with Gasteiger partial charge in [0, 0.05) is 64.1 Å². The molecule has 6 amide bonds. The number of hydroxylamine groups is 2. The molecule has 0 radical (unpaired) electrons. The van der Waals surface area contributed by atoms with Gasteiger partial charge >= 0.3 is 18.0 Å². The maximum Gasteiger partial charge on any atom is 0.409 e. The summed E-state index contributed by atoms with van der Waals surface area (Å²) in [6.45, 7) is 13.1. The number of alkyl carbamates (subject to hydrolysis) is 1. The fourth-order valence-electron chi connectivity index (χ4n) is 9.17. The lowest BCUT2D eigenvalue weighted by molar-refractivity contribution is -0.198. The number of anilines is 1. The molecular formula is C55H80ClN5O19S. The van der Waals surface area contributed by atoms with Crippen LogP contribution in [0.2, 0.25) is 5.02 Å². The van der Waals surface area contributed by atoms with E-state index in [1.165, 1.54) is 49.8 Å². The summed E-state index contributed by atoms with van der Waals surface area (Å²) >= 11 is 8.21. The maximum atomic E-state index is 14.4. The van der Waals surface area contributed by atoms with Crippen LogP contribution in [-0.4, -0.2) is 203 Å². The first-order valence-electron chi connectivity index (χ1n) is 27.0. The van der Waals surface area contributed by atoms with Crippen molar-refractivity contribution < 1.29 is 90.9 Å². The molecule has 3 saturated heterocycles. The van der Waals surface area contributed by atoms with Crippen molar-refractivity contribution in [3.8, 4) is 5.75 Å². The largest absolute Gasteiger partial charge is 0.495 e. The number of carbonyl (C=O) groups is 8. The molecule has 4 bridgehead atoms. The fourth-order valence-corrected chi connectivity index (χ4v) is 10.4. The highest BCUT2D eigenvalue weighted by molar-refractivity contribution is 8.01. The fraction of sp³-hybridized carbons (Fsp3) is 0.673. The van der Waals surface area contributed by atoms with Crippen LogP contribution in [0.15, 0.2) is 35.9 Å². The number of allylic oxidation sites excluding steroid dienone is 3. The third-order valence-electron chi connectivity index (χ3n) is 14.4. The van der Waals surface area contributed by atoms with Crippen LogP contribution in [-0.2, 0) is 82.7 Å². The number of halogens is 1. The first-order valence-corrected chi connectivity index (χ1v) is 28.3. The minimum Gasteiger partial charge on any atom is -0.495 e. The number of carbonyl (C=O) groups excluding carboxylic acids is 8. The van der Waals surface area contributed by atoms with Crippen LogP contribution in [0.3, 0.4) is 0 Å². The highest BCUT2D eigenvalue weighted by Gasteiger charge is 2.64. The van der Waals surface area contributed by atoms with E-state index in [9.17, 15) is 43.5 Å². The average molecular weight is 1180 g/mol. The Morgan fingerprint density at radius 2 is 1.59 bits per heavy atom. The number of ether oxygens (including phenoxy) is 9. The molecule has 3 fully saturated rings. The van der Waals surface area contributed by atoms with Gasteiger partial charge in [0.2, 0.25) is 17.7 Å². The van der Waals surface area contributed by atoms with Gasteiger partial charge in [0.15, 0.2) is 5.72 Å². The highest BCUT2D eigenvalue weighted by atomic mass is 35.5. The van der Waals surface area contributed by atoms with Crippen LogP contribution in [0.4, 0.5) is 10.5 Å². The third kappa shape index (κ3) is 19.3. The smallest absolute Gasteiger partial charge is 0.409 e. The van der Waals surface area contributed by atoms with E-state index in [2.05, 4.69) is 10.6 Å². The number of methoxy groups -OCH3 is 2. The molecule has 0 aliphatic carbocycles. The van der Waals surface area contributed by atoms with E-state index in [0.29, 0.717) is 55.8 Å². The quantitative estimate of drug-likeness (QED) is 0.0486. The van der Waals surface area contributed by atoms with Crippen LogP contribution in [0.25, 0.3) is 0 Å². The number of nitrogens with one attached hydrogen (secondary N) is 2. The first-order chi connectivity index (χ1) is 38.3. The number of rotatable bonds is 27. The number of hydrogen-bond acceptors (Lipinski definition) is 20. The van der Waals surface area contributed by atoms with E-state index in [1.54, 1.807) is 45.2 Å². The van der Waals surface area contributed by atoms with Gasteiger partial charge in [-0.05, 0) is 51.3 Å². The number of imide groups is 1. The predicted octanol–water partition coefficient (Wildman–Crippen LogP) is 3.99. The Morgan fingerprint density at radius 1 is 0.963 bits per heavy atom. The third-order valence-corrected chi connectivity index (χ3v) is 16.2. The predicted molar refractivity (Wildman–Crippen MR) is 295 cm³/mol. The SMILES string of the molecule is COc1cc2cc(c1Cl)N(C)C(=O)C[C@H](OC(=O)[C@H](C)N(C)C(=O)CCC(C)(C)SCC(=O)NCCOCCOCCOCCOCCC(=O)ON1C(=O)CCC1=O)[C@]1(C)O[C@H]1[C@H](C)[C@@H]1C[C@@](O)(NC(=O)O1)[C@H](OC)/C=C/C=C(\C)C2. The first kappa shape index (κ1) is 66.4. The summed E-state index contributed by atoms with van der Waals surface area (Å²) in [6, 6.07) is 2.45. The number of likely N-dealkylation sites (N-methyl/N-ethyl adjacent to an activating group) is 1. The molecule has 4 heterocycles. The second-order valence-electron chi connectivity index (χ2n) is 21.0. The summed E-state index contributed by atoms with van der Waals surface area (Å²) in [6.07, 6.45) is 0.821. The topological polar surface area (TPSA) is 286 Å². The molecule has 1 aromatic rings. The number of nitrogens with zero attached hydrogens (tertiary/aromatic N) is 3. The van der Waals surface area contributed by atoms with Crippen molar-refractivity contribution in [2.24, 2.45) is 5.92 Å². The summed E-state index contributed by atoms with van der Waals surface area (Å²) in [5, 5.41) is 17.9. The molecule has 5 rings (SSSR count). The molecule has 4 aliphatic heterocycles. The van der Waals surface area contributed by atoms with E-state index in [-0.39, 0.29) is 94.1 Å². The number of esters is 1. The Morgan fingerprint density at radius 3 is 2.22 bits per heavy atom. The van der Waals surface area contributed by atoms with E-state index < -0.39 is 88.2 Å². The number of hydrogen-bond donors (Lipinski definition) is 3. The Bertz CT molecular complexity index is 2450. The molecule has 0 saturated carbocycles. The summed E-state index contributed by atoms with van der Waals surface area (Å²) in [5.41, 5.74) is -1.14. The summed E-state index contributed by atoms with van der Waals surface area (Å²) in [4.78, 5) is 110. The number of benzene rings is 1. The summed E-state index contributed by atoms with van der Waals surface area (Å²) in [5.74, 6) is -3.77. The van der Waals surface area contributed by atoms with E-state index in [4.69, 9.17) is 59.1 Å². The lowest BCUT2D eigenvalue weighted by Gasteiger charge is -2.42. The zero-order valence-electron chi connectivity index (χ0n) is 48.0. The number of amides is 6. The van der Waals surface area contributed by atoms with E-state index in [1.807, 2.05) is 26.8 Å². The molecule has 1 aromatic carbocycles. The molecule has 81 heavy (non-hydrogen) atoms. The molecule has 0 aromatic heterocycles. The molecular weight excluding hydrogens is 1100 g/mol. The molecule has 452 valence electrons. The zero-order valence-corrected chi connectivity index (χ0v) is 49.6. The van der Waals surface area contributed by atoms with Gasteiger partial charge in [0.1, 0.15) is 40.7 Å². The maximum absolute atomic E-state index is 14.4. The van der Waals surface area contributed by atoms with Crippen molar-refractivity contribution in [1.29, 1.82) is 0 Å². The zero-order chi connectivity index (χ0) is 59.7. The lowest BCUT2D eigenvalue weighted by Crippen LogP contribution is -2.63. The Balaban J connectivity index is 1.06. The molecule has 0 spiro atoms. The van der Waals surface area contributed by atoms with Gasteiger partial charge in [0.05, 0.1) is 90.4 Å². The Hall–Kier alpha value is -5.38. The molecule has 4 aliphatic rings. The van der Waals surface area contributed by atoms with Gasteiger partial charge in [-0.2, -0.15) is 0 Å². The van der Waals surface area contributed by atoms with Crippen LogP contribution in [0.1, 0.15) is 92.1 Å². The second-order valence-corrected chi connectivity index (χ2v) is 23.1. The van der Waals surface area contributed by atoms with Crippen molar-refractivity contribution in [2.45, 2.75) is 139 Å². The van der Waals surface area contributed by atoms with Crippen LogP contribution in [0.5, 0.6) is 5.75 Å². The van der Waals surface area contributed by atoms with Crippen molar-refractivity contribution in [2.75, 3.05) is 98.4 Å². The van der Waals surface area contributed by atoms with Crippen molar-refractivity contribution in [3.05, 3.63) is 46.5 Å². The molecule has 8 atom stereocenters. The standard InChI is InChI=1S/C55H80ClN5O19S/c1-34-12-11-13-41(72-10)55(70)32-40(77-52(69)58-55)35(2)50-54(6,79-50)42(31-47(66)60(8)38-29-37(28-34)30-39(71-9)49(38)56)78-51(68)36(3)59(7)44(63)16-18-53(4,5)81-33-43(62)57-19-21-74-23-25-76-27-26-75-24-22-73-20-17-48(67)80-61-45(64)14-15-46(61)65/h11-13,29-30,35-36,40-42,50,70H,14-28,31-33H2,1-10H3,(H,57,62)(H,58,69)/b13-11+,34-12+/t35-,36+,40+,41-,42+,50+,54+,55+/m1/s1.